The number of rotatable bonds is 4. The third-order valence-electron chi connectivity index (χ3n) is 3.02. The number of aromatic amines is 1. The van der Waals surface area contributed by atoms with Crippen LogP contribution in [0.3, 0.4) is 0 Å². The van der Waals surface area contributed by atoms with Crippen LogP contribution in [-0.2, 0) is 11.2 Å². The summed E-state index contributed by atoms with van der Waals surface area (Å²) in [5, 5.41) is 3.88. The molecule has 1 amide bonds. The molecule has 0 fully saturated rings. The minimum atomic E-state index is -0.493. The SMILES string of the molecule is CC(C)(C)OC(=O)NCC(N)Cc1ccc2cc[nH]c2c1. The summed E-state index contributed by atoms with van der Waals surface area (Å²) in [6.07, 6.45) is 2.18. The second-order valence-electron chi connectivity index (χ2n) is 6.25. The second kappa shape index (κ2) is 6.18. The van der Waals surface area contributed by atoms with Gasteiger partial charge in [-0.15, -0.1) is 0 Å². The molecule has 114 valence electrons. The molecule has 0 saturated heterocycles. The maximum Gasteiger partial charge on any atom is 0.407 e. The van der Waals surface area contributed by atoms with Crippen molar-refractivity contribution in [3.8, 4) is 0 Å². The molecule has 5 heteroatoms. The molecule has 1 atom stereocenters. The molecule has 2 rings (SSSR count). The first-order valence-electron chi connectivity index (χ1n) is 7.12. The molecule has 1 aromatic carbocycles. The van der Waals surface area contributed by atoms with Gasteiger partial charge in [0.2, 0.25) is 0 Å². The smallest absolute Gasteiger partial charge is 0.407 e. The van der Waals surface area contributed by atoms with Crippen LogP contribution in [0.15, 0.2) is 30.5 Å². The second-order valence-corrected chi connectivity index (χ2v) is 6.25. The Balaban J connectivity index is 1.84. The van der Waals surface area contributed by atoms with Crippen LogP contribution in [0, 0.1) is 0 Å². The normalized spacial score (nSPS) is 13.1. The number of carbonyl (C=O) groups excluding carboxylic acids is 1. The van der Waals surface area contributed by atoms with E-state index in [0.717, 1.165) is 11.1 Å². The van der Waals surface area contributed by atoms with Crippen LogP contribution in [0.1, 0.15) is 26.3 Å². The van der Waals surface area contributed by atoms with Crippen LogP contribution in [-0.4, -0.2) is 29.3 Å². The quantitative estimate of drug-likeness (QED) is 0.809. The Hall–Kier alpha value is -2.01. The summed E-state index contributed by atoms with van der Waals surface area (Å²) in [5.74, 6) is 0. The van der Waals surface area contributed by atoms with E-state index >= 15 is 0 Å². The Bertz CT molecular complexity index is 613. The number of H-pyrrole nitrogens is 1. The number of hydrogen-bond acceptors (Lipinski definition) is 3. The molecule has 0 saturated carbocycles. The molecule has 4 N–H and O–H groups in total. The van der Waals surface area contributed by atoms with Crippen molar-refractivity contribution in [2.75, 3.05) is 6.54 Å². The van der Waals surface area contributed by atoms with Gasteiger partial charge in [-0.1, -0.05) is 12.1 Å². The van der Waals surface area contributed by atoms with Crippen LogP contribution >= 0.6 is 0 Å². The molecule has 0 radical (unpaired) electrons. The van der Waals surface area contributed by atoms with Gasteiger partial charge in [0.25, 0.3) is 0 Å². The van der Waals surface area contributed by atoms with Crippen molar-refractivity contribution in [3.63, 3.8) is 0 Å². The van der Waals surface area contributed by atoms with Crippen molar-refractivity contribution in [2.24, 2.45) is 5.73 Å². The van der Waals surface area contributed by atoms with Gasteiger partial charge < -0.3 is 20.8 Å². The van der Waals surface area contributed by atoms with E-state index in [1.807, 2.05) is 33.0 Å². The molecular weight excluding hydrogens is 266 g/mol. The molecular formula is C16H23N3O2. The number of alkyl carbamates (subject to hydrolysis) is 1. The molecule has 0 aliphatic rings. The number of ether oxygens (including phenoxy) is 1. The van der Waals surface area contributed by atoms with Gasteiger partial charge in [-0.3, -0.25) is 0 Å². The Kier molecular flexibility index (Phi) is 4.53. The van der Waals surface area contributed by atoms with Crippen LogP contribution < -0.4 is 11.1 Å². The van der Waals surface area contributed by atoms with Gasteiger partial charge >= 0.3 is 6.09 Å². The fourth-order valence-corrected chi connectivity index (χ4v) is 2.13. The standard InChI is InChI=1S/C16H23N3O2/c1-16(2,3)21-15(20)19-10-13(17)8-11-4-5-12-6-7-18-14(12)9-11/h4-7,9,13,18H,8,10,17H2,1-3H3,(H,19,20). The van der Waals surface area contributed by atoms with Gasteiger partial charge in [-0.2, -0.15) is 0 Å². The van der Waals surface area contributed by atoms with Crippen molar-refractivity contribution >= 4 is 17.0 Å². The predicted octanol–water partition coefficient (Wildman–Crippen LogP) is 2.56. The lowest BCUT2D eigenvalue weighted by Gasteiger charge is -2.20. The molecule has 1 heterocycles. The average Bonchev–Trinajstić information content (AvgIpc) is 2.81. The van der Waals surface area contributed by atoms with Gasteiger partial charge in [0.1, 0.15) is 5.60 Å². The number of carbonyl (C=O) groups is 1. The summed E-state index contributed by atoms with van der Waals surface area (Å²) < 4.78 is 5.17. The highest BCUT2D eigenvalue weighted by molar-refractivity contribution is 5.79. The highest BCUT2D eigenvalue weighted by Gasteiger charge is 2.16. The van der Waals surface area contributed by atoms with E-state index in [1.54, 1.807) is 0 Å². The third-order valence-corrected chi connectivity index (χ3v) is 3.02. The predicted molar refractivity (Wildman–Crippen MR) is 84.2 cm³/mol. The Morgan fingerprint density at radius 2 is 2.14 bits per heavy atom. The number of nitrogens with two attached hydrogens (primary N) is 1. The summed E-state index contributed by atoms with van der Waals surface area (Å²) in [4.78, 5) is 14.7. The first kappa shape index (κ1) is 15.4. The van der Waals surface area contributed by atoms with Crippen molar-refractivity contribution < 1.29 is 9.53 Å². The summed E-state index contributed by atoms with van der Waals surface area (Å²) in [6, 6.07) is 8.09. The Labute approximate surface area is 124 Å². The zero-order valence-corrected chi connectivity index (χ0v) is 12.8. The zero-order valence-electron chi connectivity index (χ0n) is 12.8. The van der Waals surface area contributed by atoms with E-state index in [1.165, 1.54) is 5.39 Å². The Morgan fingerprint density at radius 1 is 1.38 bits per heavy atom. The van der Waals surface area contributed by atoms with Crippen molar-refractivity contribution in [1.29, 1.82) is 0 Å². The first-order chi connectivity index (χ1) is 9.83. The van der Waals surface area contributed by atoms with E-state index in [2.05, 4.69) is 28.5 Å². The van der Waals surface area contributed by atoms with Gasteiger partial charge in [-0.05, 0) is 50.3 Å². The number of hydrogen-bond donors (Lipinski definition) is 3. The maximum absolute atomic E-state index is 11.6. The first-order valence-corrected chi connectivity index (χ1v) is 7.12. The van der Waals surface area contributed by atoms with Crippen molar-refractivity contribution in [2.45, 2.75) is 38.8 Å². The number of nitrogens with one attached hydrogen (secondary N) is 2. The lowest BCUT2D eigenvalue weighted by molar-refractivity contribution is 0.0524. The van der Waals surface area contributed by atoms with Gasteiger partial charge in [0, 0.05) is 24.3 Å². The van der Waals surface area contributed by atoms with Crippen molar-refractivity contribution in [3.05, 3.63) is 36.0 Å². The van der Waals surface area contributed by atoms with Crippen LogP contribution in [0.25, 0.3) is 10.9 Å². The molecule has 1 unspecified atom stereocenters. The van der Waals surface area contributed by atoms with Gasteiger partial charge in [-0.25, -0.2) is 4.79 Å². The molecule has 2 aromatic rings. The van der Waals surface area contributed by atoms with E-state index in [0.29, 0.717) is 13.0 Å². The summed E-state index contributed by atoms with van der Waals surface area (Å²) in [5.41, 5.74) is 7.80. The monoisotopic (exact) mass is 289 g/mol. The van der Waals surface area contributed by atoms with E-state index < -0.39 is 11.7 Å². The highest BCUT2D eigenvalue weighted by Crippen LogP contribution is 2.15. The maximum atomic E-state index is 11.6. The zero-order chi connectivity index (χ0) is 15.5. The lowest BCUT2D eigenvalue weighted by Crippen LogP contribution is -2.41. The van der Waals surface area contributed by atoms with Gasteiger partial charge in [0.15, 0.2) is 0 Å². The van der Waals surface area contributed by atoms with E-state index in [-0.39, 0.29) is 6.04 Å². The highest BCUT2D eigenvalue weighted by atomic mass is 16.6. The largest absolute Gasteiger partial charge is 0.444 e. The fraction of sp³-hybridized carbons (Fsp3) is 0.438. The molecule has 0 spiro atoms. The van der Waals surface area contributed by atoms with Crippen LogP contribution in [0.5, 0.6) is 0 Å². The molecule has 5 nitrogen and oxygen atoms in total. The number of amides is 1. The number of aromatic nitrogens is 1. The molecule has 21 heavy (non-hydrogen) atoms. The average molecular weight is 289 g/mol. The van der Waals surface area contributed by atoms with Gasteiger partial charge in [0.05, 0.1) is 0 Å². The number of benzene rings is 1. The minimum absolute atomic E-state index is 0.148. The summed E-state index contributed by atoms with van der Waals surface area (Å²) in [6.45, 7) is 5.88. The van der Waals surface area contributed by atoms with E-state index in [9.17, 15) is 4.79 Å². The molecule has 1 aromatic heterocycles. The minimum Gasteiger partial charge on any atom is -0.444 e. The summed E-state index contributed by atoms with van der Waals surface area (Å²) in [7, 11) is 0. The number of fused-ring (bicyclic) bond motifs is 1. The molecule has 0 aliphatic heterocycles. The lowest BCUT2D eigenvalue weighted by atomic mass is 10.1. The summed E-state index contributed by atoms with van der Waals surface area (Å²) >= 11 is 0. The van der Waals surface area contributed by atoms with Crippen LogP contribution in [0.2, 0.25) is 0 Å². The fourth-order valence-electron chi connectivity index (χ4n) is 2.13. The third kappa shape index (κ3) is 4.79. The van der Waals surface area contributed by atoms with Crippen LogP contribution in [0.4, 0.5) is 4.79 Å². The molecule has 0 aliphatic carbocycles. The Morgan fingerprint density at radius 3 is 2.86 bits per heavy atom. The van der Waals surface area contributed by atoms with Crippen molar-refractivity contribution in [1.82, 2.24) is 10.3 Å². The topological polar surface area (TPSA) is 80.1 Å². The van der Waals surface area contributed by atoms with E-state index in [4.69, 9.17) is 10.5 Å². The molecule has 0 bridgehead atoms.